The molecule has 2 aliphatic rings. The summed E-state index contributed by atoms with van der Waals surface area (Å²) in [7, 11) is 1.89. The van der Waals surface area contributed by atoms with Gasteiger partial charge in [-0.25, -0.2) is 9.98 Å². The molecule has 0 aliphatic carbocycles. The van der Waals surface area contributed by atoms with Gasteiger partial charge in [0.15, 0.2) is 17.5 Å². The van der Waals surface area contributed by atoms with Crippen LogP contribution in [0.15, 0.2) is 29.5 Å². The van der Waals surface area contributed by atoms with Crippen LogP contribution < -0.4 is 14.8 Å². The summed E-state index contributed by atoms with van der Waals surface area (Å²) in [6.45, 7) is 8.55. The Kier molecular flexibility index (Phi) is 5.61. The molecule has 0 unspecified atom stereocenters. The van der Waals surface area contributed by atoms with Crippen molar-refractivity contribution in [1.29, 1.82) is 0 Å². The third kappa shape index (κ3) is 4.19. The summed E-state index contributed by atoms with van der Waals surface area (Å²) in [5.74, 6) is 3.48. The Hall–Kier alpha value is -2.81. The summed E-state index contributed by atoms with van der Waals surface area (Å²) in [6.07, 6.45) is 1.56. The van der Waals surface area contributed by atoms with Gasteiger partial charge in [0.05, 0.1) is 0 Å². The Morgan fingerprint density at radius 1 is 1.18 bits per heavy atom. The molecule has 3 heterocycles. The number of nitrogens with zero attached hydrogens (tertiary/aromatic N) is 6. The van der Waals surface area contributed by atoms with Gasteiger partial charge in [-0.2, -0.15) is 5.10 Å². The van der Waals surface area contributed by atoms with Crippen LogP contribution in [0.25, 0.3) is 0 Å². The fourth-order valence-corrected chi connectivity index (χ4v) is 3.45. The van der Waals surface area contributed by atoms with Gasteiger partial charge in [0.2, 0.25) is 6.79 Å². The third-order valence-corrected chi connectivity index (χ3v) is 5.03. The van der Waals surface area contributed by atoms with Crippen LogP contribution in [0.3, 0.4) is 0 Å². The van der Waals surface area contributed by atoms with Crippen molar-refractivity contribution in [3.8, 4) is 11.5 Å². The van der Waals surface area contributed by atoms with Gasteiger partial charge in [-0.3, -0.25) is 9.58 Å². The van der Waals surface area contributed by atoms with Gasteiger partial charge in [-0.05, 0) is 24.6 Å². The third-order valence-electron chi connectivity index (χ3n) is 5.03. The predicted octanol–water partition coefficient (Wildman–Crippen LogP) is 0.827. The van der Waals surface area contributed by atoms with E-state index >= 15 is 0 Å². The largest absolute Gasteiger partial charge is 0.454 e. The standard InChI is InChI=1S/C19H27N7O2/c1-3-20-19(21-11-18-22-13-23-24(18)2)26-8-6-25(7-9-26)12-15-4-5-16-17(10-15)28-14-27-16/h4-5,10,13H,3,6-9,11-12,14H2,1-2H3,(H,20,21). The molecule has 9 heteroatoms. The number of aliphatic imine (C=N–C) groups is 1. The first kappa shape index (κ1) is 18.5. The summed E-state index contributed by atoms with van der Waals surface area (Å²) < 4.78 is 12.6. The number of hydrogen-bond acceptors (Lipinski definition) is 6. The Labute approximate surface area is 165 Å². The molecule has 0 saturated carbocycles. The van der Waals surface area contributed by atoms with E-state index in [1.807, 2.05) is 13.1 Å². The maximum Gasteiger partial charge on any atom is 0.231 e. The molecule has 1 aromatic heterocycles. The molecule has 1 saturated heterocycles. The van der Waals surface area contributed by atoms with Gasteiger partial charge in [0, 0.05) is 46.3 Å². The van der Waals surface area contributed by atoms with E-state index in [2.05, 4.69) is 44.3 Å². The molecular formula is C19H27N7O2. The van der Waals surface area contributed by atoms with Crippen LogP contribution in [0.4, 0.5) is 0 Å². The normalized spacial score (nSPS) is 17.2. The highest BCUT2D eigenvalue weighted by atomic mass is 16.7. The van der Waals surface area contributed by atoms with Crippen molar-refractivity contribution in [2.75, 3.05) is 39.5 Å². The number of rotatable bonds is 5. The maximum absolute atomic E-state index is 5.49. The summed E-state index contributed by atoms with van der Waals surface area (Å²) in [5.41, 5.74) is 1.25. The van der Waals surface area contributed by atoms with E-state index in [-0.39, 0.29) is 0 Å². The highest BCUT2D eigenvalue weighted by molar-refractivity contribution is 5.80. The molecule has 9 nitrogen and oxygen atoms in total. The van der Waals surface area contributed by atoms with E-state index < -0.39 is 0 Å². The molecule has 1 aromatic carbocycles. The number of benzene rings is 1. The zero-order chi connectivity index (χ0) is 19.3. The molecule has 28 heavy (non-hydrogen) atoms. The number of hydrogen-bond donors (Lipinski definition) is 1. The van der Waals surface area contributed by atoms with Crippen molar-refractivity contribution in [2.24, 2.45) is 12.0 Å². The van der Waals surface area contributed by atoms with Crippen LogP contribution in [-0.2, 0) is 20.1 Å². The van der Waals surface area contributed by atoms with Crippen LogP contribution in [0.2, 0.25) is 0 Å². The number of nitrogens with one attached hydrogen (secondary N) is 1. The monoisotopic (exact) mass is 385 g/mol. The summed E-state index contributed by atoms with van der Waals surface area (Å²) in [5, 5.41) is 7.50. The minimum atomic E-state index is 0.318. The van der Waals surface area contributed by atoms with Crippen molar-refractivity contribution < 1.29 is 9.47 Å². The molecule has 0 atom stereocenters. The lowest BCUT2D eigenvalue weighted by Gasteiger charge is -2.36. The summed E-state index contributed by atoms with van der Waals surface area (Å²) in [4.78, 5) is 13.8. The molecule has 0 radical (unpaired) electrons. The van der Waals surface area contributed by atoms with Crippen LogP contribution in [-0.4, -0.2) is 70.0 Å². The number of piperazine rings is 1. The second-order valence-corrected chi connectivity index (χ2v) is 6.92. The molecule has 0 bridgehead atoms. The second kappa shape index (κ2) is 8.47. The molecule has 1 N–H and O–H groups in total. The van der Waals surface area contributed by atoms with E-state index in [4.69, 9.17) is 14.5 Å². The van der Waals surface area contributed by atoms with Crippen LogP contribution >= 0.6 is 0 Å². The number of aryl methyl sites for hydroxylation is 1. The molecule has 2 aromatic rings. The zero-order valence-corrected chi connectivity index (χ0v) is 16.5. The molecule has 4 rings (SSSR count). The first-order chi connectivity index (χ1) is 13.7. The zero-order valence-electron chi connectivity index (χ0n) is 16.5. The number of fused-ring (bicyclic) bond motifs is 1. The quantitative estimate of drug-likeness (QED) is 0.603. The maximum atomic E-state index is 5.49. The topological polar surface area (TPSA) is 80.0 Å². The van der Waals surface area contributed by atoms with Crippen molar-refractivity contribution in [2.45, 2.75) is 20.0 Å². The van der Waals surface area contributed by atoms with Crippen molar-refractivity contribution in [1.82, 2.24) is 29.9 Å². The minimum Gasteiger partial charge on any atom is -0.454 e. The van der Waals surface area contributed by atoms with Gasteiger partial charge >= 0.3 is 0 Å². The molecule has 0 amide bonds. The SMILES string of the molecule is CCNC(=NCc1ncnn1C)N1CCN(Cc2ccc3c(c2)OCO3)CC1. The van der Waals surface area contributed by atoms with Crippen LogP contribution in [0.1, 0.15) is 18.3 Å². The average Bonchev–Trinajstić information content (AvgIpc) is 3.34. The van der Waals surface area contributed by atoms with Gasteiger partial charge in [-0.15, -0.1) is 0 Å². The molecule has 2 aliphatic heterocycles. The minimum absolute atomic E-state index is 0.318. The summed E-state index contributed by atoms with van der Waals surface area (Å²) in [6, 6.07) is 6.20. The predicted molar refractivity (Wildman–Crippen MR) is 105 cm³/mol. The van der Waals surface area contributed by atoms with Gasteiger partial charge < -0.3 is 19.7 Å². The number of aromatic nitrogens is 3. The lowest BCUT2D eigenvalue weighted by Crippen LogP contribution is -2.52. The van der Waals surface area contributed by atoms with Gasteiger partial charge in [0.25, 0.3) is 0 Å². The Balaban J connectivity index is 1.33. The molecule has 0 spiro atoms. The first-order valence-electron chi connectivity index (χ1n) is 9.70. The van der Waals surface area contributed by atoms with Crippen LogP contribution in [0.5, 0.6) is 11.5 Å². The number of ether oxygens (including phenoxy) is 2. The lowest BCUT2D eigenvalue weighted by molar-refractivity contribution is 0.171. The van der Waals surface area contributed by atoms with Gasteiger partial charge in [0.1, 0.15) is 18.7 Å². The molecular weight excluding hydrogens is 358 g/mol. The lowest BCUT2D eigenvalue weighted by atomic mass is 10.1. The van der Waals surface area contributed by atoms with Crippen molar-refractivity contribution >= 4 is 5.96 Å². The van der Waals surface area contributed by atoms with Gasteiger partial charge in [-0.1, -0.05) is 6.07 Å². The fourth-order valence-electron chi connectivity index (χ4n) is 3.45. The second-order valence-electron chi connectivity index (χ2n) is 6.92. The Morgan fingerprint density at radius 3 is 2.75 bits per heavy atom. The summed E-state index contributed by atoms with van der Waals surface area (Å²) >= 11 is 0. The highest BCUT2D eigenvalue weighted by Gasteiger charge is 2.21. The smallest absolute Gasteiger partial charge is 0.231 e. The average molecular weight is 385 g/mol. The molecule has 150 valence electrons. The van der Waals surface area contributed by atoms with E-state index in [0.717, 1.165) is 62.6 Å². The Morgan fingerprint density at radius 2 is 2.00 bits per heavy atom. The Bertz CT molecular complexity index is 827. The van der Waals surface area contributed by atoms with E-state index in [1.54, 1.807) is 11.0 Å². The molecule has 1 fully saturated rings. The highest BCUT2D eigenvalue weighted by Crippen LogP contribution is 2.32. The van der Waals surface area contributed by atoms with Crippen molar-refractivity contribution in [3.63, 3.8) is 0 Å². The van der Waals surface area contributed by atoms with E-state index in [9.17, 15) is 0 Å². The van der Waals surface area contributed by atoms with Crippen LogP contribution in [0, 0.1) is 0 Å². The van der Waals surface area contributed by atoms with Crippen molar-refractivity contribution in [3.05, 3.63) is 35.9 Å². The first-order valence-corrected chi connectivity index (χ1v) is 9.70. The number of guanidine groups is 1. The van der Waals surface area contributed by atoms with E-state index in [1.165, 1.54) is 5.56 Å². The fraction of sp³-hybridized carbons (Fsp3) is 0.526. The van der Waals surface area contributed by atoms with E-state index in [0.29, 0.717) is 13.3 Å².